The molecular weight excluding hydrogens is 410 g/mol. The number of primary amides is 1. The van der Waals surface area contributed by atoms with E-state index in [2.05, 4.69) is 0 Å². The smallest absolute Gasteiger partial charge is 0.226 e. The number of rotatable bonds is 9. The van der Waals surface area contributed by atoms with E-state index < -0.39 is 17.3 Å². The van der Waals surface area contributed by atoms with Crippen molar-refractivity contribution in [3.63, 3.8) is 0 Å². The number of benzene rings is 2. The van der Waals surface area contributed by atoms with Gasteiger partial charge in [0.05, 0.1) is 32.6 Å². The fourth-order valence-electron chi connectivity index (χ4n) is 3.31. The molecule has 1 heterocycles. The number of carbonyl (C=O) groups excluding carboxylic acids is 2. The fourth-order valence-corrected chi connectivity index (χ4v) is 3.31. The summed E-state index contributed by atoms with van der Waals surface area (Å²) in [6.45, 7) is 0.776. The lowest BCUT2D eigenvalue weighted by Crippen LogP contribution is -2.58. The predicted octanol–water partition coefficient (Wildman–Crippen LogP) is 2.29. The molecule has 0 bridgehead atoms. The van der Waals surface area contributed by atoms with Crippen molar-refractivity contribution in [1.82, 2.24) is 4.90 Å². The average molecular weight is 434 g/mol. The van der Waals surface area contributed by atoms with Crippen LogP contribution in [0, 0.1) is 11.6 Å². The van der Waals surface area contributed by atoms with Crippen LogP contribution in [0.4, 0.5) is 8.78 Å². The van der Waals surface area contributed by atoms with Gasteiger partial charge in [0.1, 0.15) is 35.3 Å². The molecule has 2 N–H and O–H groups in total. The largest absolute Gasteiger partial charge is 0.493 e. The highest BCUT2D eigenvalue weighted by molar-refractivity contribution is 5.77. The molecule has 2 aromatic rings. The molecule has 0 aliphatic carbocycles. The molecule has 1 saturated heterocycles. The molecule has 166 valence electrons. The third-order valence-electron chi connectivity index (χ3n) is 4.81. The molecule has 0 aromatic heterocycles. The van der Waals surface area contributed by atoms with Crippen molar-refractivity contribution >= 4 is 11.8 Å². The summed E-state index contributed by atoms with van der Waals surface area (Å²) in [7, 11) is 0. The molecule has 31 heavy (non-hydrogen) atoms. The third kappa shape index (κ3) is 6.65. The number of nitrogens with zero attached hydrogens (tertiary/aromatic N) is 1. The van der Waals surface area contributed by atoms with Gasteiger partial charge < -0.3 is 24.8 Å². The van der Waals surface area contributed by atoms with Crippen LogP contribution >= 0.6 is 0 Å². The molecule has 2 aromatic carbocycles. The number of halogens is 2. The van der Waals surface area contributed by atoms with Crippen LogP contribution in [0.5, 0.6) is 11.5 Å². The van der Waals surface area contributed by atoms with E-state index >= 15 is 0 Å². The SMILES string of the molecule is NC(=O)C[C@@]1(COc2ccc(F)cc2)CN(C(=O)CCOc2ccc(F)cc2)CCO1. The Hall–Kier alpha value is -3.20. The zero-order valence-electron chi connectivity index (χ0n) is 16.9. The minimum Gasteiger partial charge on any atom is -0.493 e. The first-order valence-corrected chi connectivity index (χ1v) is 9.82. The molecule has 1 fully saturated rings. The van der Waals surface area contributed by atoms with Gasteiger partial charge in [-0.1, -0.05) is 0 Å². The summed E-state index contributed by atoms with van der Waals surface area (Å²) in [4.78, 5) is 25.9. The molecular formula is C22H24F2N2O5. The van der Waals surface area contributed by atoms with Gasteiger partial charge in [-0.3, -0.25) is 9.59 Å². The standard InChI is InChI=1S/C22H24F2N2O5/c23-16-1-5-18(6-2-16)29-11-9-21(28)26-10-12-31-22(14-26,13-20(25)27)15-30-19-7-3-17(24)4-8-19/h1-8H,9-15H2,(H2,25,27)/t22-/m0/s1. The topological polar surface area (TPSA) is 91.1 Å². The first-order valence-electron chi connectivity index (χ1n) is 9.82. The van der Waals surface area contributed by atoms with E-state index in [1.54, 1.807) is 4.90 Å². The van der Waals surface area contributed by atoms with E-state index in [-0.39, 0.29) is 50.9 Å². The van der Waals surface area contributed by atoms with Crippen LogP contribution in [0.3, 0.4) is 0 Å². The van der Waals surface area contributed by atoms with E-state index in [4.69, 9.17) is 19.9 Å². The normalized spacial score (nSPS) is 18.5. The van der Waals surface area contributed by atoms with Crippen LogP contribution < -0.4 is 15.2 Å². The number of ether oxygens (including phenoxy) is 3. The summed E-state index contributed by atoms with van der Waals surface area (Å²) in [6.07, 6.45) is -0.0348. The van der Waals surface area contributed by atoms with Crippen LogP contribution in [-0.2, 0) is 14.3 Å². The first-order chi connectivity index (χ1) is 14.8. The summed E-state index contributed by atoms with van der Waals surface area (Å²) in [5, 5.41) is 0. The maximum atomic E-state index is 13.1. The maximum Gasteiger partial charge on any atom is 0.226 e. The lowest BCUT2D eigenvalue weighted by atomic mass is 9.97. The highest BCUT2D eigenvalue weighted by atomic mass is 19.1. The summed E-state index contributed by atoms with van der Waals surface area (Å²) in [6, 6.07) is 11.0. The molecule has 2 amide bonds. The summed E-state index contributed by atoms with van der Waals surface area (Å²) >= 11 is 0. The van der Waals surface area contributed by atoms with Gasteiger partial charge in [0.2, 0.25) is 11.8 Å². The van der Waals surface area contributed by atoms with Crippen molar-refractivity contribution in [3.05, 3.63) is 60.2 Å². The Kier molecular flexibility index (Phi) is 7.41. The highest BCUT2D eigenvalue weighted by Crippen LogP contribution is 2.25. The van der Waals surface area contributed by atoms with Crippen LogP contribution in [0.2, 0.25) is 0 Å². The molecule has 7 nitrogen and oxygen atoms in total. The van der Waals surface area contributed by atoms with E-state index in [0.717, 1.165) is 0 Å². The Morgan fingerprint density at radius 1 is 1.00 bits per heavy atom. The molecule has 0 unspecified atom stereocenters. The lowest BCUT2D eigenvalue weighted by molar-refractivity contribution is -0.162. The van der Waals surface area contributed by atoms with Gasteiger partial charge in [-0.15, -0.1) is 0 Å². The monoisotopic (exact) mass is 434 g/mol. The first kappa shape index (κ1) is 22.5. The zero-order valence-corrected chi connectivity index (χ0v) is 16.9. The van der Waals surface area contributed by atoms with Gasteiger partial charge >= 0.3 is 0 Å². The van der Waals surface area contributed by atoms with E-state index in [9.17, 15) is 18.4 Å². The number of hydrogen-bond donors (Lipinski definition) is 1. The van der Waals surface area contributed by atoms with E-state index in [1.165, 1.54) is 48.5 Å². The number of hydrogen-bond acceptors (Lipinski definition) is 5. The number of nitrogens with two attached hydrogens (primary N) is 1. The third-order valence-corrected chi connectivity index (χ3v) is 4.81. The van der Waals surface area contributed by atoms with Crippen molar-refractivity contribution in [1.29, 1.82) is 0 Å². The molecule has 0 radical (unpaired) electrons. The van der Waals surface area contributed by atoms with E-state index in [1.807, 2.05) is 0 Å². The summed E-state index contributed by atoms with van der Waals surface area (Å²) in [5.41, 5.74) is 4.29. The Labute approximate surface area is 178 Å². The quantitative estimate of drug-likeness (QED) is 0.654. The van der Waals surface area contributed by atoms with Gasteiger partial charge in [0.25, 0.3) is 0 Å². The second kappa shape index (κ2) is 10.2. The molecule has 0 saturated carbocycles. The average Bonchev–Trinajstić information content (AvgIpc) is 2.74. The number of morpholine rings is 1. The van der Waals surface area contributed by atoms with Gasteiger partial charge in [0, 0.05) is 6.54 Å². The Morgan fingerprint density at radius 2 is 1.58 bits per heavy atom. The van der Waals surface area contributed by atoms with Crippen LogP contribution in [0.25, 0.3) is 0 Å². The second-order valence-corrected chi connectivity index (χ2v) is 7.28. The maximum absolute atomic E-state index is 13.1. The van der Waals surface area contributed by atoms with Crippen molar-refractivity contribution in [2.45, 2.75) is 18.4 Å². The zero-order chi connectivity index (χ0) is 22.3. The number of carbonyl (C=O) groups is 2. The Morgan fingerprint density at radius 3 is 2.16 bits per heavy atom. The lowest BCUT2D eigenvalue weighted by Gasteiger charge is -2.42. The van der Waals surface area contributed by atoms with Crippen LogP contribution in [0.15, 0.2) is 48.5 Å². The van der Waals surface area contributed by atoms with Gasteiger partial charge in [0.15, 0.2) is 0 Å². The minimum absolute atomic E-state index is 0.0303. The minimum atomic E-state index is -1.11. The second-order valence-electron chi connectivity index (χ2n) is 7.28. The molecule has 1 atom stereocenters. The van der Waals surface area contributed by atoms with Gasteiger partial charge in [-0.05, 0) is 48.5 Å². The summed E-state index contributed by atoms with van der Waals surface area (Å²) < 4.78 is 43.0. The molecule has 1 aliphatic rings. The van der Waals surface area contributed by atoms with Crippen LogP contribution in [0.1, 0.15) is 12.8 Å². The fraction of sp³-hybridized carbons (Fsp3) is 0.364. The highest BCUT2D eigenvalue weighted by Gasteiger charge is 2.40. The van der Waals surface area contributed by atoms with Gasteiger partial charge in [-0.2, -0.15) is 0 Å². The van der Waals surface area contributed by atoms with Gasteiger partial charge in [-0.25, -0.2) is 8.78 Å². The van der Waals surface area contributed by atoms with Crippen molar-refractivity contribution < 1.29 is 32.6 Å². The molecule has 1 aliphatic heterocycles. The Balaban J connectivity index is 1.57. The summed E-state index contributed by atoms with van der Waals surface area (Å²) in [5.74, 6) is -0.659. The van der Waals surface area contributed by atoms with E-state index in [0.29, 0.717) is 18.0 Å². The predicted molar refractivity (Wildman–Crippen MR) is 107 cm³/mol. The van der Waals surface area contributed by atoms with Crippen molar-refractivity contribution in [3.8, 4) is 11.5 Å². The Bertz CT molecular complexity index is 892. The molecule has 9 heteroatoms. The van der Waals surface area contributed by atoms with Crippen molar-refractivity contribution in [2.75, 3.05) is 32.9 Å². The molecule has 0 spiro atoms. The molecule has 3 rings (SSSR count). The van der Waals surface area contributed by atoms with Crippen molar-refractivity contribution in [2.24, 2.45) is 5.73 Å². The number of amides is 2. The van der Waals surface area contributed by atoms with Crippen LogP contribution in [-0.4, -0.2) is 55.2 Å².